The van der Waals surface area contributed by atoms with Crippen molar-refractivity contribution in [3.8, 4) is 0 Å². The average Bonchev–Trinajstić information content (AvgIpc) is 2.20. The lowest BCUT2D eigenvalue weighted by Gasteiger charge is -2.34. The lowest BCUT2D eigenvalue weighted by atomic mass is 10.0. The van der Waals surface area contributed by atoms with Crippen molar-refractivity contribution < 1.29 is 0 Å². The molecule has 1 fully saturated rings. The zero-order valence-corrected chi connectivity index (χ0v) is 8.61. The van der Waals surface area contributed by atoms with Crippen LogP contribution in [0.3, 0.4) is 0 Å². The quantitative estimate of drug-likeness (QED) is 0.738. The van der Waals surface area contributed by atoms with Crippen molar-refractivity contribution in [2.24, 2.45) is 0 Å². The minimum atomic E-state index is 0.570. The lowest BCUT2D eigenvalue weighted by Crippen LogP contribution is -2.38. The second kappa shape index (κ2) is 3.86. The Labute approximate surface area is 84.9 Å². The molecule has 3 nitrogen and oxygen atoms in total. The molecule has 0 aromatic carbocycles. The number of nitrogen functional groups attached to an aromatic ring is 1. The first-order chi connectivity index (χ1) is 6.79. The number of nitrogens with two attached hydrogens (primary N) is 1. The molecule has 1 saturated heterocycles. The standard InChI is InChI=1S/C11H17N3/c1-9-5-2-3-8-14(9)11-10(12)6-4-7-13-11/h4,6-7,9H,2-3,5,8,12H2,1H3/t9-/m0/s1. The van der Waals surface area contributed by atoms with E-state index in [9.17, 15) is 0 Å². The molecule has 3 heteroatoms. The maximum Gasteiger partial charge on any atom is 0.151 e. The number of hydrogen-bond acceptors (Lipinski definition) is 3. The molecule has 14 heavy (non-hydrogen) atoms. The molecular weight excluding hydrogens is 174 g/mol. The van der Waals surface area contributed by atoms with Gasteiger partial charge in [-0.2, -0.15) is 0 Å². The summed E-state index contributed by atoms with van der Waals surface area (Å²) < 4.78 is 0. The monoisotopic (exact) mass is 191 g/mol. The van der Waals surface area contributed by atoms with Crippen LogP contribution in [0.4, 0.5) is 11.5 Å². The van der Waals surface area contributed by atoms with Crippen LogP contribution in [-0.2, 0) is 0 Å². The first kappa shape index (κ1) is 9.31. The Balaban J connectivity index is 2.25. The fraction of sp³-hybridized carbons (Fsp3) is 0.545. The van der Waals surface area contributed by atoms with Crippen LogP contribution in [0.1, 0.15) is 26.2 Å². The third-order valence-corrected chi connectivity index (χ3v) is 2.89. The molecule has 2 heterocycles. The number of hydrogen-bond donors (Lipinski definition) is 1. The molecule has 1 atom stereocenters. The topological polar surface area (TPSA) is 42.2 Å². The van der Waals surface area contributed by atoms with Gasteiger partial charge in [-0.25, -0.2) is 4.98 Å². The molecule has 1 aliphatic heterocycles. The number of rotatable bonds is 1. The third kappa shape index (κ3) is 1.67. The highest BCUT2D eigenvalue weighted by Gasteiger charge is 2.20. The van der Waals surface area contributed by atoms with Gasteiger partial charge in [0, 0.05) is 18.8 Å². The van der Waals surface area contributed by atoms with Crippen molar-refractivity contribution in [1.29, 1.82) is 0 Å². The van der Waals surface area contributed by atoms with Crippen LogP contribution < -0.4 is 10.6 Å². The largest absolute Gasteiger partial charge is 0.396 e. The molecule has 0 spiro atoms. The van der Waals surface area contributed by atoms with E-state index in [-0.39, 0.29) is 0 Å². The first-order valence-corrected chi connectivity index (χ1v) is 5.26. The summed E-state index contributed by atoms with van der Waals surface area (Å²) in [5.41, 5.74) is 6.70. The molecule has 0 amide bonds. The van der Waals surface area contributed by atoms with E-state index in [1.165, 1.54) is 19.3 Å². The Morgan fingerprint density at radius 1 is 1.50 bits per heavy atom. The van der Waals surface area contributed by atoms with Gasteiger partial charge in [-0.1, -0.05) is 0 Å². The smallest absolute Gasteiger partial charge is 0.151 e. The van der Waals surface area contributed by atoms with Gasteiger partial charge in [-0.05, 0) is 38.3 Å². The summed E-state index contributed by atoms with van der Waals surface area (Å²) in [6.07, 6.45) is 5.63. The molecule has 1 aromatic heterocycles. The molecule has 1 aromatic rings. The molecule has 0 radical (unpaired) electrons. The maximum absolute atomic E-state index is 5.91. The van der Waals surface area contributed by atoms with Crippen LogP contribution in [0.5, 0.6) is 0 Å². The van der Waals surface area contributed by atoms with E-state index < -0.39 is 0 Å². The number of anilines is 2. The van der Waals surface area contributed by atoms with Crippen LogP contribution in [0.2, 0.25) is 0 Å². The summed E-state index contributed by atoms with van der Waals surface area (Å²) >= 11 is 0. The van der Waals surface area contributed by atoms with E-state index >= 15 is 0 Å². The molecule has 0 unspecified atom stereocenters. The van der Waals surface area contributed by atoms with Crippen molar-refractivity contribution >= 4 is 11.5 Å². The zero-order chi connectivity index (χ0) is 9.97. The Morgan fingerprint density at radius 3 is 3.07 bits per heavy atom. The van der Waals surface area contributed by atoms with Crippen molar-refractivity contribution in [3.05, 3.63) is 18.3 Å². The Morgan fingerprint density at radius 2 is 2.36 bits per heavy atom. The van der Waals surface area contributed by atoms with Crippen molar-refractivity contribution in [2.75, 3.05) is 17.2 Å². The van der Waals surface area contributed by atoms with Gasteiger partial charge in [0.15, 0.2) is 5.82 Å². The summed E-state index contributed by atoms with van der Waals surface area (Å²) in [5, 5.41) is 0. The normalized spacial score (nSPS) is 22.4. The Bertz CT molecular complexity index is 311. The summed E-state index contributed by atoms with van der Waals surface area (Å²) in [7, 11) is 0. The molecule has 1 aliphatic rings. The van der Waals surface area contributed by atoms with E-state index in [1.807, 2.05) is 18.3 Å². The predicted octanol–water partition coefficient (Wildman–Crippen LogP) is 2.04. The molecule has 0 aliphatic carbocycles. The van der Waals surface area contributed by atoms with Crippen molar-refractivity contribution in [3.63, 3.8) is 0 Å². The Hall–Kier alpha value is -1.25. The maximum atomic E-state index is 5.91. The van der Waals surface area contributed by atoms with Crippen molar-refractivity contribution in [2.45, 2.75) is 32.2 Å². The van der Waals surface area contributed by atoms with Crippen LogP contribution in [0.25, 0.3) is 0 Å². The molecular formula is C11H17N3. The van der Waals surface area contributed by atoms with Gasteiger partial charge in [-0.3, -0.25) is 0 Å². The molecule has 0 saturated carbocycles. The van der Waals surface area contributed by atoms with Crippen LogP contribution >= 0.6 is 0 Å². The summed E-state index contributed by atoms with van der Waals surface area (Å²) in [6, 6.07) is 4.37. The Kier molecular flexibility index (Phi) is 2.57. The molecule has 2 N–H and O–H groups in total. The highest BCUT2D eigenvalue weighted by molar-refractivity contribution is 5.62. The van der Waals surface area contributed by atoms with Gasteiger partial charge >= 0.3 is 0 Å². The first-order valence-electron chi connectivity index (χ1n) is 5.26. The SMILES string of the molecule is C[C@H]1CCCCN1c1ncccc1N. The molecule has 2 rings (SSSR count). The molecule has 0 bridgehead atoms. The fourth-order valence-electron chi connectivity index (χ4n) is 2.06. The van der Waals surface area contributed by atoms with Crippen molar-refractivity contribution in [1.82, 2.24) is 4.98 Å². The zero-order valence-electron chi connectivity index (χ0n) is 8.61. The number of nitrogens with zero attached hydrogens (tertiary/aromatic N) is 2. The third-order valence-electron chi connectivity index (χ3n) is 2.89. The fourth-order valence-corrected chi connectivity index (χ4v) is 2.06. The van der Waals surface area contributed by atoms with Crippen LogP contribution in [-0.4, -0.2) is 17.6 Å². The number of pyridine rings is 1. The van der Waals surface area contributed by atoms with Gasteiger partial charge in [0.25, 0.3) is 0 Å². The van der Waals surface area contributed by atoms with Gasteiger partial charge in [0.1, 0.15) is 0 Å². The minimum Gasteiger partial charge on any atom is -0.396 e. The van der Waals surface area contributed by atoms with E-state index in [4.69, 9.17) is 5.73 Å². The van der Waals surface area contributed by atoms with Gasteiger partial charge in [0.2, 0.25) is 0 Å². The highest BCUT2D eigenvalue weighted by Crippen LogP contribution is 2.26. The average molecular weight is 191 g/mol. The number of piperidine rings is 1. The van der Waals surface area contributed by atoms with Gasteiger partial charge in [-0.15, -0.1) is 0 Å². The second-order valence-electron chi connectivity index (χ2n) is 3.95. The van der Waals surface area contributed by atoms with E-state index in [0.29, 0.717) is 6.04 Å². The van der Waals surface area contributed by atoms with Crippen LogP contribution in [0.15, 0.2) is 18.3 Å². The minimum absolute atomic E-state index is 0.570. The second-order valence-corrected chi connectivity index (χ2v) is 3.95. The number of aromatic nitrogens is 1. The lowest BCUT2D eigenvalue weighted by molar-refractivity contribution is 0.482. The molecule has 76 valence electrons. The van der Waals surface area contributed by atoms with E-state index in [2.05, 4.69) is 16.8 Å². The summed E-state index contributed by atoms with van der Waals surface area (Å²) in [5.74, 6) is 0.958. The predicted molar refractivity (Wildman–Crippen MR) is 59.3 cm³/mol. The highest BCUT2D eigenvalue weighted by atomic mass is 15.2. The van der Waals surface area contributed by atoms with Gasteiger partial charge in [0.05, 0.1) is 5.69 Å². The summed E-state index contributed by atoms with van der Waals surface area (Å²) in [6.45, 7) is 3.33. The van der Waals surface area contributed by atoms with Gasteiger partial charge < -0.3 is 10.6 Å². The summed E-state index contributed by atoms with van der Waals surface area (Å²) in [4.78, 5) is 6.67. The van der Waals surface area contributed by atoms with E-state index in [1.54, 1.807) is 0 Å². The van der Waals surface area contributed by atoms with E-state index in [0.717, 1.165) is 18.1 Å². The van der Waals surface area contributed by atoms with Crippen LogP contribution in [0, 0.1) is 0 Å².